The van der Waals surface area contributed by atoms with E-state index in [1.165, 1.54) is 44.6 Å². The lowest BCUT2D eigenvalue weighted by atomic mass is 10.2. The number of rotatable bonds is 14. The van der Waals surface area contributed by atoms with Gasteiger partial charge in [-0.1, -0.05) is 56.7 Å². The molecule has 2 heterocycles. The SMILES string of the molecule is COCCS(=O)(=O)Cl.COCCS(=O)(=O)Nc1noc2cc(COc3ccc(Cl)c(F)c3)c(Cl)cc12.Nc1noc2cc(COc3ccc(Cl)c(F)c3)c(Cl)cc12. The Balaban J connectivity index is 0.000000218. The van der Waals surface area contributed by atoms with Crippen molar-refractivity contribution >= 4 is 110 Å². The van der Waals surface area contributed by atoms with Crippen molar-refractivity contribution in [2.24, 2.45) is 0 Å². The number of nitrogens with one attached hydrogen (secondary N) is 1. The number of nitrogen functional groups attached to an aromatic ring is 1. The maximum Gasteiger partial charge on any atom is 0.236 e. The Morgan fingerprint density at radius 1 is 0.684 bits per heavy atom. The van der Waals surface area contributed by atoms with Crippen LogP contribution in [0.4, 0.5) is 20.4 Å². The van der Waals surface area contributed by atoms with Crippen LogP contribution >= 0.6 is 57.1 Å². The Morgan fingerprint density at radius 3 is 1.63 bits per heavy atom. The average Bonchev–Trinajstić information content (AvgIpc) is 3.71. The Kier molecular flexibility index (Phi) is 16.7. The van der Waals surface area contributed by atoms with Crippen LogP contribution in [0.2, 0.25) is 20.1 Å². The van der Waals surface area contributed by atoms with E-state index in [1.807, 2.05) is 0 Å². The van der Waals surface area contributed by atoms with E-state index in [0.717, 1.165) is 6.07 Å². The van der Waals surface area contributed by atoms with Crippen LogP contribution in [0.3, 0.4) is 0 Å². The number of nitrogens with zero attached hydrogens (tertiary/aromatic N) is 2. The van der Waals surface area contributed by atoms with Gasteiger partial charge in [-0.2, -0.15) is 0 Å². The standard InChI is InChI=1S/C17H15Cl2FN2O5S.C14H9Cl2FN2O2.C3H7ClO3S/c1-25-4-5-28(23,24)22-17-12-8-14(19)10(6-16(12)27-21-17)9-26-11-2-3-13(18)15(20)7-11;15-10-2-1-8(4-12(10)17)20-6-7-3-13-9(5-11(7)16)14(18)19-21-13;1-7-2-3-8(4,5)6/h2-3,6-8H,4-5,9H2,1H3,(H,21,22);1-5H,6H2,(H2,18,19);2-3H2,1H3. The fourth-order valence-corrected chi connectivity index (χ4v) is 6.50. The number of nitrogens with two attached hydrogens (primary N) is 1. The summed E-state index contributed by atoms with van der Waals surface area (Å²) < 4.78 is 104. The highest BCUT2D eigenvalue weighted by molar-refractivity contribution is 8.13. The minimum Gasteiger partial charge on any atom is -0.489 e. The van der Waals surface area contributed by atoms with Crippen LogP contribution in [0, 0.1) is 11.6 Å². The van der Waals surface area contributed by atoms with Crippen molar-refractivity contribution in [3.8, 4) is 11.5 Å². The molecule has 0 aliphatic rings. The number of ether oxygens (including phenoxy) is 4. The van der Waals surface area contributed by atoms with Crippen LogP contribution in [-0.2, 0) is 41.8 Å². The van der Waals surface area contributed by atoms with Gasteiger partial charge >= 0.3 is 0 Å². The molecule has 0 aliphatic carbocycles. The third-order valence-electron chi connectivity index (χ3n) is 7.22. The van der Waals surface area contributed by atoms with E-state index in [9.17, 15) is 25.6 Å². The van der Waals surface area contributed by atoms with Crippen molar-refractivity contribution in [1.29, 1.82) is 0 Å². The Hall–Kier alpha value is -3.85. The fourth-order valence-electron chi connectivity index (χ4n) is 4.34. The summed E-state index contributed by atoms with van der Waals surface area (Å²) in [4.78, 5) is 0. The smallest absolute Gasteiger partial charge is 0.236 e. The molecule has 0 fully saturated rings. The molecule has 2 aromatic heterocycles. The van der Waals surface area contributed by atoms with Crippen molar-refractivity contribution in [3.63, 3.8) is 0 Å². The number of aromatic nitrogens is 2. The largest absolute Gasteiger partial charge is 0.489 e. The summed E-state index contributed by atoms with van der Waals surface area (Å²) in [7, 11) is 0.643. The second-order valence-corrected chi connectivity index (χ2v) is 17.7. The van der Waals surface area contributed by atoms with Crippen molar-refractivity contribution in [2.45, 2.75) is 13.2 Å². The summed E-state index contributed by atoms with van der Waals surface area (Å²) in [6.45, 7) is 0.381. The first-order valence-electron chi connectivity index (χ1n) is 15.9. The molecule has 6 rings (SSSR count). The van der Waals surface area contributed by atoms with E-state index in [4.69, 9.17) is 86.1 Å². The molecule has 23 heteroatoms. The number of methoxy groups -OCH3 is 2. The summed E-state index contributed by atoms with van der Waals surface area (Å²) in [6.07, 6.45) is 0. The number of anilines is 2. The van der Waals surface area contributed by atoms with Gasteiger partial charge in [0.15, 0.2) is 22.8 Å². The third-order valence-corrected chi connectivity index (χ3v) is 10.9. The number of hydrogen-bond acceptors (Lipinski definition) is 13. The first kappa shape index (κ1) is 45.8. The van der Waals surface area contributed by atoms with E-state index in [-0.39, 0.29) is 65.4 Å². The van der Waals surface area contributed by atoms with E-state index >= 15 is 0 Å². The number of fused-ring (bicyclic) bond motifs is 2. The molecular formula is C34H31Cl5F2N4O10S2. The van der Waals surface area contributed by atoms with Gasteiger partial charge in [-0.15, -0.1) is 0 Å². The summed E-state index contributed by atoms with van der Waals surface area (Å²) in [5, 5.41) is 9.24. The second kappa shape index (κ2) is 20.7. The molecule has 0 spiro atoms. The third kappa shape index (κ3) is 13.9. The van der Waals surface area contributed by atoms with Gasteiger partial charge in [0.2, 0.25) is 19.1 Å². The zero-order chi connectivity index (χ0) is 41.9. The van der Waals surface area contributed by atoms with Crippen LogP contribution in [-0.4, -0.2) is 66.1 Å². The molecule has 0 bridgehead atoms. The van der Waals surface area contributed by atoms with Gasteiger partial charge in [0.25, 0.3) is 0 Å². The van der Waals surface area contributed by atoms with Gasteiger partial charge in [0.05, 0.1) is 45.5 Å². The van der Waals surface area contributed by atoms with Crippen LogP contribution in [0.25, 0.3) is 21.9 Å². The number of hydrogen-bond donors (Lipinski definition) is 2. The summed E-state index contributed by atoms with van der Waals surface area (Å²) >= 11 is 23.7. The maximum absolute atomic E-state index is 13.5. The Labute approximate surface area is 349 Å². The van der Waals surface area contributed by atoms with Crippen LogP contribution in [0.5, 0.6) is 11.5 Å². The van der Waals surface area contributed by atoms with Gasteiger partial charge in [-0.05, 0) is 48.5 Å². The van der Waals surface area contributed by atoms with E-state index < -0.39 is 30.7 Å². The molecule has 0 saturated carbocycles. The lowest BCUT2D eigenvalue weighted by molar-refractivity contribution is 0.217. The van der Waals surface area contributed by atoms with Crippen molar-refractivity contribution in [1.82, 2.24) is 10.3 Å². The first-order valence-corrected chi connectivity index (χ1v) is 21.5. The highest BCUT2D eigenvalue weighted by Crippen LogP contribution is 2.32. The van der Waals surface area contributed by atoms with E-state index in [1.54, 1.807) is 24.3 Å². The molecule has 308 valence electrons. The van der Waals surface area contributed by atoms with Crippen LogP contribution in [0.15, 0.2) is 69.7 Å². The molecule has 0 aliphatic heterocycles. The van der Waals surface area contributed by atoms with Crippen molar-refractivity contribution < 1.29 is 53.6 Å². The molecule has 0 unspecified atom stereocenters. The van der Waals surface area contributed by atoms with Crippen LogP contribution in [0.1, 0.15) is 11.1 Å². The molecule has 0 saturated heterocycles. The van der Waals surface area contributed by atoms with E-state index in [2.05, 4.69) is 19.8 Å². The predicted molar refractivity (Wildman–Crippen MR) is 215 cm³/mol. The van der Waals surface area contributed by atoms with Gasteiger partial charge in [0.1, 0.15) is 36.3 Å². The Bertz CT molecular complexity index is 2550. The number of benzene rings is 4. The molecule has 6 aromatic rings. The van der Waals surface area contributed by atoms with Gasteiger partial charge in [0, 0.05) is 58.2 Å². The topological polar surface area (TPSA) is 195 Å². The molecule has 0 amide bonds. The molecule has 0 radical (unpaired) electrons. The van der Waals surface area contributed by atoms with Crippen molar-refractivity contribution in [2.75, 3.05) is 49.4 Å². The zero-order valence-electron chi connectivity index (χ0n) is 29.5. The normalized spacial score (nSPS) is 11.5. The lowest BCUT2D eigenvalue weighted by Gasteiger charge is -2.09. The number of halogens is 7. The van der Waals surface area contributed by atoms with Crippen molar-refractivity contribution in [3.05, 3.63) is 104 Å². The first-order chi connectivity index (χ1) is 26.9. The van der Waals surface area contributed by atoms with Gasteiger partial charge in [-0.3, -0.25) is 4.72 Å². The predicted octanol–water partition coefficient (Wildman–Crippen LogP) is 8.88. The molecule has 4 aromatic carbocycles. The molecular weight excluding hydrogens is 904 g/mol. The summed E-state index contributed by atoms with van der Waals surface area (Å²) in [5.74, 6) is -0.549. The molecule has 57 heavy (non-hydrogen) atoms. The monoisotopic (exact) mass is 932 g/mol. The minimum absolute atomic E-state index is 0.00561. The summed E-state index contributed by atoms with van der Waals surface area (Å²) in [6, 6.07) is 14.7. The van der Waals surface area contributed by atoms with Crippen LogP contribution < -0.4 is 19.9 Å². The number of sulfonamides is 1. The van der Waals surface area contributed by atoms with Gasteiger partial charge < -0.3 is 33.7 Å². The highest BCUT2D eigenvalue weighted by Gasteiger charge is 2.18. The maximum atomic E-state index is 13.5. The molecule has 3 N–H and O–H groups in total. The lowest BCUT2D eigenvalue weighted by Crippen LogP contribution is -2.19. The highest BCUT2D eigenvalue weighted by atomic mass is 35.7. The van der Waals surface area contributed by atoms with E-state index in [0.29, 0.717) is 48.9 Å². The minimum atomic E-state index is -3.65. The molecule has 0 atom stereocenters. The zero-order valence-corrected chi connectivity index (χ0v) is 34.9. The summed E-state index contributed by atoms with van der Waals surface area (Å²) in [5.41, 5.74) is 7.70. The quantitative estimate of drug-likeness (QED) is 0.0984. The second-order valence-electron chi connectivity index (χ2n) is 11.4. The molecule has 14 nitrogen and oxygen atoms in total. The fraction of sp³-hybridized carbons (Fsp3) is 0.235. The van der Waals surface area contributed by atoms with Gasteiger partial charge in [-0.25, -0.2) is 25.6 Å². The Morgan fingerprint density at radius 2 is 1.16 bits per heavy atom. The average molecular weight is 935 g/mol.